The number of halogens is 1. The van der Waals surface area contributed by atoms with Gasteiger partial charge in [-0.05, 0) is 52.0 Å². The monoisotopic (exact) mass is 518 g/mol. The van der Waals surface area contributed by atoms with Crippen molar-refractivity contribution >= 4 is 38.8 Å². The lowest BCUT2D eigenvalue weighted by atomic mass is 10.1. The molecule has 0 amide bonds. The molecule has 7 nitrogen and oxygen atoms in total. The van der Waals surface area contributed by atoms with Crippen molar-refractivity contribution < 1.29 is 33.0 Å². The van der Waals surface area contributed by atoms with E-state index in [1.54, 1.807) is 59.1 Å². The van der Waals surface area contributed by atoms with Gasteiger partial charge in [-0.15, -0.1) is 0 Å². The van der Waals surface area contributed by atoms with Crippen LogP contribution in [0.5, 0.6) is 11.5 Å². The van der Waals surface area contributed by atoms with E-state index in [-0.39, 0.29) is 24.8 Å². The maximum Gasteiger partial charge on any atom is 0.375 e. The van der Waals surface area contributed by atoms with Gasteiger partial charge >= 0.3 is 11.9 Å². The molecule has 176 valence electrons. The number of furan rings is 1. The van der Waals surface area contributed by atoms with Crippen molar-refractivity contribution in [2.24, 2.45) is 0 Å². The van der Waals surface area contributed by atoms with Gasteiger partial charge in [0.2, 0.25) is 5.76 Å². The number of benzene rings is 2. The fourth-order valence-corrected chi connectivity index (χ4v) is 3.57. The Labute approximate surface area is 201 Å². The predicted octanol–water partition coefficient (Wildman–Crippen LogP) is 5.84. The van der Waals surface area contributed by atoms with E-state index in [9.17, 15) is 9.59 Å². The van der Waals surface area contributed by atoms with E-state index in [1.165, 1.54) is 0 Å². The molecule has 0 aliphatic heterocycles. The Kier molecular flexibility index (Phi) is 7.68. The molecule has 3 aromatic rings. The molecule has 1 aromatic heterocycles. The second-order valence-corrected chi connectivity index (χ2v) is 9.21. The molecule has 0 atom stereocenters. The van der Waals surface area contributed by atoms with Crippen LogP contribution in [0, 0.1) is 0 Å². The van der Waals surface area contributed by atoms with Crippen LogP contribution < -0.4 is 9.47 Å². The van der Waals surface area contributed by atoms with Crippen LogP contribution in [0.3, 0.4) is 0 Å². The number of fused-ring (bicyclic) bond motifs is 1. The van der Waals surface area contributed by atoms with Gasteiger partial charge in [-0.2, -0.15) is 0 Å². The second-order valence-electron chi connectivity index (χ2n) is 8.30. The van der Waals surface area contributed by atoms with Gasteiger partial charge < -0.3 is 23.4 Å². The zero-order chi connectivity index (χ0) is 24.2. The summed E-state index contributed by atoms with van der Waals surface area (Å²) < 4.78 is 28.7. The molecule has 0 fully saturated rings. The average Bonchev–Trinajstić information content (AvgIpc) is 3.10. The number of rotatable bonds is 8. The lowest BCUT2D eigenvalue weighted by molar-refractivity contribution is -0.142. The molecule has 1 heterocycles. The smallest absolute Gasteiger partial charge is 0.375 e. The molecule has 8 heteroatoms. The summed E-state index contributed by atoms with van der Waals surface area (Å²) >= 11 is 3.46. The Hall–Kier alpha value is -3.00. The van der Waals surface area contributed by atoms with Crippen LogP contribution in [-0.2, 0) is 27.3 Å². The van der Waals surface area contributed by atoms with Crippen molar-refractivity contribution in [3.63, 3.8) is 0 Å². The first-order valence-corrected chi connectivity index (χ1v) is 11.3. The predicted molar refractivity (Wildman–Crippen MR) is 127 cm³/mol. The highest BCUT2D eigenvalue weighted by molar-refractivity contribution is 9.10. The second kappa shape index (κ2) is 10.3. The minimum atomic E-state index is -0.686. The van der Waals surface area contributed by atoms with Crippen LogP contribution in [0.1, 0.15) is 49.4 Å². The van der Waals surface area contributed by atoms with E-state index in [0.29, 0.717) is 34.8 Å². The largest absolute Gasteiger partial charge is 0.497 e. The van der Waals surface area contributed by atoms with E-state index in [2.05, 4.69) is 15.9 Å². The zero-order valence-electron chi connectivity index (χ0n) is 19.3. The molecule has 0 bridgehead atoms. The van der Waals surface area contributed by atoms with Gasteiger partial charge in [-0.25, -0.2) is 4.79 Å². The molecule has 33 heavy (non-hydrogen) atoms. The first-order chi connectivity index (χ1) is 15.6. The Morgan fingerprint density at radius 1 is 1.09 bits per heavy atom. The highest BCUT2D eigenvalue weighted by Crippen LogP contribution is 2.33. The Morgan fingerprint density at radius 2 is 1.85 bits per heavy atom. The molecule has 0 saturated heterocycles. The molecular weight excluding hydrogens is 492 g/mol. The maximum atomic E-state index is 12.9. The van der Waals surface area contributed by atoms with Gasteiger partial charge in [0.1, 0.15) is 29.3 Å². The van der Waals surface area contributed by atoms with Crippen LogP contribution in [-0.4, -0.2) is 31.3 Å². The number of esters is 2. The van der Waals surface area contributed by atoms with Crippen molar-refractivity contribution in [2.45, 2.75) is 46.3 Å². The van der Waals surface area contributed by atoms with Gasteiger partial charge in [-0.3, -0.25) is 4.79 Å². The Bertz CT molecular complexity index is 1160. The van der Waals surface area contributed by atoms with E-state index in [1.807, 2.05) is 12.1 Å². The number of carbonyl (C=O) groups excluding carboxylic acids is 2. The highest BCUT2D eigenvalue weighted by Gasteiger charge is 2.27. The third-order valence-electron chi connectivity index (χ3n) is 4.62. The summed E-state index contributed by atoms with van der Waals surface area (Å²) in [5, 5.41) is 0.722. The van der Waals surface area contributed by atoms with E-state index in [4.69, 9.17) is 23.4 Å². The zero-order valence-corrected chi connectivity index (χ0v) is 20.9. The van der Waals surface area contributed by atoms with Crippen molar-refractivity contribution in [3.8, 4) is 11.5 Å². The fourth-order valence-electron chi connectivity index (χ4n) is 3.21. The number of hydrogen-bond donors (Lipinski definition) is 0. The molecule has 0 N–H and O–H groups in total. The van der Waals surface area contributed by atoms with Crippen LogP contribution in [0.25, 0.3) is 11.0 Å². The fraction of sp³-hybridized carbons (Fsp3) is 0.360. The number of ether oxygens (including phenoxy) is 4. The summed E-state index contributed by atoms with van der Waals surface area (Å²) in [6.07, 6.45) is 0.0454. The molecule has 0 aliphatic carbocycles. The molecule has 0 aliphatic rings. The summed E-state index contributed by atoms with van der Waals surface area (Å²) in [7, 11) is 1.55. The molecule has 2 aromatic carbocycles. The topological polar surface area (TPSA) is 84.2 Å². The molecule has 3 rings (SSSR count). The van der Waals surface area contributed by atoms with E-state index >= 15 is 0 Å². The number of hydrogen-bond acceptors (Lipinski definition) is 7. The summed E-state index contributed by atoms with van der Waals surface area (Å²) in [6, 6.07) is 10.7. The van der Waals surface area contributed by atoms with E-state index in [0.717, 1.165) is 9.86 Å². The molecule has 0 unspecified atom stereocenters. The standard InChI is InChI=1S/C25H27BrO7/c1-6-30-22(27)11-15-7-9-17(29-5)13-21(15)31-14-19-18-12-16(26)8-10-20(18)32-23(19)24(28)33-25(2,3)4/h7-10,12-13H,6,11,14H2,1-5H3. The third kappa shape index (κ3) is 6.28. The normalized spacial score (nSPS) is 11.3. The molecule has 0 saturated carbocycles. The van der Waals surface area contributed by atoms with Gasteiger partial charge in [-0.1, -0.05) is 22.0 Å². The average molecular weight is 519 g/mol. The SMILES string of the molecule is CCOC(=O)Cc1ccc(OC)cc1OCc1c(C(=O)OC(C)(C)C)oc2ccc(Br)cc12. The first-order valence-electron chi connectivity index (χ1n) is 10.5. The summed E-state index contributed by atoms with van der Waals surface area (Å²) in [6.45, 7) is 7.43. The van der Waals surface area contributed by atoms with Gasteiger partial charge in [0.25, 0.3) is 0 Å². The number of carbonyl (C=O) groups is 2. The van der Waals surface area contributed by atoms with Crippen molar-refractivity contribution in [1.82, 2.24) is 0 Å². The van der Waals surface area contributed by atoms with Crippen LogP contribution >= 0.6 is 15.9 Å². The number of methoxy groups -OCH3 is 1. The van der Waals surface area contributed by atoms with Crippen LogP contribution in [0.2, 0.25) is 0 Å². The minimum Gasteiger partial charge on any atom is -0.497 e. The van der Waals surface area contributed by atoms with Crippen LogP contribution in [0.15, 0.2) is 45.3 Å². The lowest BCUT2D eigenvalue weighted by Gasteiger charge is -2.19. The molecule has 0 radical (unpaired) electrons. The Balaban J connectivity index is 1.98. The molecular formula is C25H27BrO7. The van der Waals surface area contributed by atoms with Crippen molar-refractivity contribution in [2.75, 3.05) is 13.7 Å². The van der Waals surface area contributed by atoms with Gasteiger partial charge in [0, 0.05) is 21.5 Å². The van der Waals surface area contributed by atoms with E-state index < -0.39 is 11.6 Å². The lowest BCUT2D eigenvalue weighted by Crippen LogP contribution is -2.24. The van der Waals surface area contributed by atoms with Crippen LogP contribution in [0.4, 0.5) is 0 Å². The summed E-state index contributed by atoms with van der Waals surface area (Å²) in [5.74, 6) is 0.157. The molecule has 0 spiro atoms. The first kappa shape index (κ1) is 24.6. The quantitative estimate of drug-likeness (QED) is 0.346. The Morgan fingerprint density at radius 3 is 2.52 bits per heavy atom. The highest BCUT2D eigenvalue weighted by atomic mass is 79.9. The van der Waals surface area contributed by atoms with Gasteiger partial charge in [0.05, 0.1) is 25.7 Å². The minimum absolute atomic E-state index is 0.0149. The van der Waals surface area contributed by atoms with Gasteiger partial charge in [0.15, 0.2) is 0 Å². The summed E-state index contributed by atoms with van der Waals surface area (Å²) in [4.78, 5) is 24.9. The summed E-state index contributed by atoms with van der Waals surface area (Å²) in [5.41, 5.74) is 1.04. The van der Waals surface area contributed by atoms with Crippen molar-refractivity contribution in [3.05, 3.63) is 57.8 Å². The maximum absolute atomic E-state index is 12.9. The van der Waals surface area contributed by atoms with Crippen molar-refractivity contribution in [1.29, 1.82) is 0 Å². The third-order valence-corrected chi connectivity index (χ3v) is 5.12.